The van der Waals surface area contributed by atoms with E-state index in [9.17, 15) is 9.00 Å². The second kappa shape index (κ2) is 8.69. The highest BCUT2D eigenvalue weighted by Crippen LogP contribution is 2.10. The van der Waals surface area contributed by atoms with Crippen LogP contribution in [-0.2, 0) is 20.3 Å². The molecule has 0 radical (unpaired) electrons. The Morgan fingerprint density at radius 2 is 1.73 bits per heavy atom. The number of rotatable bonds is 6. The Morgan fingerprint density at radius 3 is 2.32 bits per heavy atom. The van der Waals surface area contributed by atoms with Crippen molar-refractivity contribution in [1.29, 1.82) is 0 Å². The van der Waals surface area contributed by atoms with E-state index in [0.29, 0.717) is 6.42 Å². The molecule has 0 aliphatic carbocycles. The molecule has 0 fully saturated rings. The number of benzene rings is 1. The van der Waals surface area contributed by atoms with Crippen molar-refractivity contribution < 1.29 is 13.7 Å². The first kappa shape index (κ1) is 18.4. The molecular weight excluding hydrogens is 296 g/mol. The van der Waals surface area contributed by atoms with Gasteiger partial charge in [-0.1, -0.05) is 29.8 Å². The fourth-order valence-corrected chi connectivity index (χ4v) is 2.49. The molecule has 3 nitrogen and oxygen atoms in total. The summed E-state index contributed by atoms with van der Waals surface area (Å²) in [6.07, 6.45) is 6.52. The van der Waals surface area contributed by atoms with Gasteiger partial charge in [-0.3, -0.25) is 0 Å². The lowest BCUT2D eigenvalue weighted by atomic mass is 10.2. The minimum Gasteiger partial charge on any atom is -0.457 e. The number of hydrogen-bond donors (Lipinski definition) is 0. The van der Waals surface area contributed by atoms with Crippen LogP contribution in [0.4, 0.5) is 0 Å². The van der Waals surface area contributed by atoms with Gasteiger partial charge in [0, 0.05) is 16.4 Å². The molecule has 1 atom stereocenters. The summed E-state index contributed by atoms with van der Waals surface area (Å²) in [6, 6.07) is 7.64. The Labute approximate surface area is 135 Å². The van der Waals surface area contributed by atoms with Crippen molar-refractivity contribution in [3.8, 4) is 0 Å². The minimum absolute atomic E-state index is 0.334. The maximum atomic E-state index is 12.0. The molecule has 0 aliphatic rings. The standard InChI is InChI=1S/C18H24O3S/c1-15-10-12-16(13-11-15)22(20)14-8-6-5-7-9-17(19)21-18(2,3)4/h7-14H,5-6H2,1-4H3/b9-7+,14-8+/t22-/m1/s1. The van der Waals surface area contributed by atoms with Crippen LogP contribution in [0.5, 0.6) is 0 Å². The Bertz CT molecular complexity index is 563. The molecule has 1 aromatic rings. The molecule has 1 rings (SSSR count). The SMILES string of the molecule is Cc1ccc([S@](=O)/C=C/CC/C=C/C(=O)OC(C)(C)C)cc1. The number of aryl methyl sites for hydroxylation is 1. The maximum Gasteiger partial charge on any atom is 0.330 e. The zero-order valence-electron chi connectivity index (χ0n) is 13.7. The van der Waals surface area contributed by atoms with E-state index in [1.165, 1.54) is 6.08 Å². The zero-order chi connectivity index (χ0) is 16.6. The maximum absolute atomic E-state index is 12.0. The third kappa shape index (κ3) is 7.93. The van der Waals surface area contributed by atoms with E-state index in [2.05, 4.69) is 0 Å². The molecule has 0 N–H and O–H groups in total. The van der Waals surface area contributed by atoms with Crippen LogP contribution in [0, 0.1) is 6.92 Å². The van der Waals surface area contributed by atoms with Gasteiger partial charge in [0.2, 0.25) is 0 Å². The average molecular weight is 320 g/mol. The number of esters is 1. The molecule has 0 saturated heterocycles. The Hall–Kier alpha value is -1.68. The van der Waals surface area contributed by atoms with E-state index in [1.807, 2.05) is 58.0 Å². The number of hydrogen-bond acceptors (Lipinski definition) is 3. The molecule has 0 heterocycles. The lowest BCUT2D eigenvalue weighted by Crippen LogP contribution is -2.22. The summed E-state index contributed by atoms with van der Waals surface area (Å²) in [6.45, 7) is 7.51. The van der Waals surface area contributed by atoms with Crippen LogP contribution in [0.3, 0.4) is 0 Å². The number of ether oxygens (including phenoxy) is 1. The normalized spacial score (nSPS) is 13.6. The van der Waals surface area contributed by atoms with Gasteiger partial charge in [-0.15, -0.1) is 0 Å². The molecule has 0 unspecified atom stereocenters. The van der Waals surface area contributed by atoms with Crippen molar-refractivity contribution in [2.24, 2.45) is 0 Å². The van der Waals surface area contributed by atoms with Crippen LogP contribution in [0.25, 0.3) is 0 Å². The highest BCUT2D eigenvalue weighted by Gasteiger charge is 2.13. The summed E-state index contributed by atoms with van der Waals surface area (Å²) in [5.41, 5.74) is 0.684. The molecule has 120 valence electrons. The molecule has 0 spiro atoms. The van der Waals surface area contributed by atoms with Crippen molar-refractivity contribution in [2.75, 3.05) is 0 Å². The van der Waals surface area contributed by atoms with Crippen LogP contribution in [0.15, 0.2) is 52.8 Å². The van der Waals surface area contributed by atoms with Gasteiger partial charge in [-0.05, 0) is 52.7 Å². The Balaban J connectivity index is 2.33. The van der Waals surface area contributed by atoms with Gasteiger partial charge >= 0.3 is 5.97 Å². The molecule has 1 aromatic carbocycles. The van der Waals surface area contributed by atoms with Crippen molar-refractivity contribution in [3.05, 3.63) is 53.5 Å². The first-order valence-electron chi connectivity index (χ1n) is 7.31. The highest BCUT2D eigenvalue weighted by atomic mass is 32.2. The molecular formula is C18H24O3S. The van der Waals surface area contributed by atoms with Gasteiger partial charge in [0.05, 0.1) is 10.8 Å². The number of allylic oxidation sites excluding steroid dienone is 2. The van der Waals surface area contributed by atoms with Crippen molar-refractivity contribution in [1.82, 2.24) is 0 Å². The summed E-state index contributed by atoms with van der Waals surface area (Å²) >= 11 is 0. The largest absolute Gasteiger partial charge is 0.457 e. The average Bonchev–Trinajstić information content (AvgIpc) is 2.41. The van der Waals surface area contributed by atoms with E-state index >= 15 is 0 Å². The van der Waals surface area contributed by atoms with E-state index in [-0.39, 0.29) is 5.97 Å². The summed E-state index contributed by atoms with van der Waals surface area (Å²) in [7, 11) is -1.12. The summed E-state index contributed by atoms with van der Waals surface area (Å²) in [5.74, 6) is -0.334. The molecule has 0 aliphatic heterocycles. The van der Waals surface area contributed by atoms with E-state index in [0.717, 1.165) is 16.9 Å². The first-order valence-corrected chi connectivity index (χ1v) is 8.53. The quantitative estimate of drug-likeness (QED) is 0.446. The Kier molecular flexibility index (Phi) is 7.25. The number of carbonyl (C=O) groups is 1. The fourth-order valence-electron chi connectivity index (χ4n) is 1.61. The number of unbranched alkanes of at least 4 members (excludes halogenated alkanes) is 1. The molecule has 4 heteroatoms. The lowest BCUT2D eigenvalue weighted by Gasteiger charge is -2.17. The second-order valence-electron chi connectivity index (χ2n) is 6.00. The first-order chi connectivity index (χ1) is 10.3. The highest BCUT2D eigenvalue weighted by molar-refractivity contribution is 7.88. The van der Waals surface area contributed by atoms with Crippen molar-refractivity contribution in [2.45, 2.75) is 51.0 Å². The smallest absolute Gasteiger partial charge is 0.330 e. The van der Waals surface area contributed by atoms with Crippen LogP contribution < -0.4 is 0 Å². The predicted molar refractivity (Wildman–Crippen MR) is 90.9 cm³/mol. The van der Waals surface area contributed by atoms with Gasteiger partial charge in [0.25, 0.3) is 0 Å². The molecule has 0 bridgehead atoms. The molecule has 22 heavy (non-hydrogen) atoms. The topological polar surface area (TPSA) is 43.4 Å². The third-order valence-corrected chi connectivity index (χ3v) is 3.81. The second-order valence-corrected chi connectivity index (χ2v) is 7.33. The van der Waals surface area contributed by atoms with Gasteiger partial charge in [0.15, 0.2) is 0 Å². The van der Waals surface area contributed by atoms with E-state index in [4.69, 9.17) is 4.74 Å². The molecule has 0 saturated carbocycles. The third-order valence-electron chi connectivity index (χ3n) is 2.63. The zero-order valence-corrected chi connectivity index (χ0v) is 14.5. The van der Waals surface area contributed by atoms with E-state index < -0.39 is 16.4 Å². The van der Waals surface area contributed by atoms with Gasteiger partial charge in [-0.25, -0.2) is 9.00 Å². The van der Waals surface area contributed by atoms with E-state index in [1.54, 1.807) is 11.5 Å². The van der Waals surface area contributed by atoms with Gasteiger partial charge in [-0.2, -0.15) is 0 Å². The van der Waals surface area contributed by atoms with Crippen molar-refractivity contribution >= 4 is 16.8 Å². The fraction of sp³-hybridized carbons (Fsp3) is 0.389. The minimum atomic E-state index is -1.12. The van der Waals surface area contributed by atoms with Crippen LogP contribution in [0.1, 0.15) is 39.2 Å². The van der Waals surface area contributed by atoms with Crippen molar-refractivity contribution in [3.63, 3.8) is 0 Å². The molecule has 0 amide bonds. The molecule has 0 aromatic heterocycles. The van der Waals surface area contributed by atoms with Crippen LogP contribution >= 0.6 is 0 Å². The summed E-state index contributed by atoms with van der Waals surface area (Å²) < 4.78 is 17.1. The number of carbonyl (C=O) groups excluding carboxylic acids is 1. The summed E-state index contributed by atoms with van der Waals surface area (Å²) in [5, 5.41) is 1.69. The van der Waals surface area contributed by atoms with Gasteiger partial charge < -0.3 is 4.74 Å². The Morgan fingerprint density at radius 1 is 1.14 bits per heavy atom. The van der Waals surface area contributed by atoms with Gasteiger partial charge in [0.1, 0.15) is 5.60 Å². The lowest BCUT2D eigenvalue weighted by molar-refractivity contribution is -0.148. The summed E-state index contributed by atoms with van der Waals surface area (Å²) in [4.78, 5) is 12.2. The van der Waals surface area contributed by atoms with Crippen LogP contribution in [0.2, 0.25) is 0 Å². The van der Waals surface area contributed by atoms with Crippen LogP contribution in [-0.4, -0.2) is 15.8 Å². The predicted octanol–water partition coefficient (Wildman–Crippen LogP) is 4.29. The monoisotopic (exact) mass is 320 g/mol.